The molecule has 0 radical (unpaired) electrons. The van der Waals surface area contributed by atoms with E-state index in [-0.39, 0.29) is 23.7 Å². The molecule has 1 N–H and O–H groups in total. The van der Waals surface area contributed by atoms with Crippen molar-refractivity contribution in [3.8, 4) is 12.3 Å². The lowest BCUT2D eigenvalue weighted by molar-refractivity contribution is -0.142. The minimum Gasteiger partial charge on any atom is -0.461 e. The number of terminal acetylenes is 1. The second-order valence-corrected chi connectivity index (χ2v) is 9.37. The first-order valence-electron chi connectivity index (χ1n) is 13.3. The number of ether oxygens (including phenoxy) is 1. The second kappa shape index (κ2) is 19.5. The summed E-state index contributed by atoms with van der Waals surface area (Å²) in [5.74, 6) is 1.78. The van der Waals surface area contributed by atoms with E-state index in [0.717, 1.165) is 62.1 Å². The van der Waals surface area contributed by atoms with Crippen LogP contribution < -0.4 is 5.32 Å². The molecule has 3 rings (SSSR count). The number of hydrogen-bond acceptors (Lipinski definition) is 5. The number of likely N-dealkylation sites (tertiary alicyclic amines) is 1. The van der Waals surface area contributed by atoms with Crippen LogP contribution in [0.3, 0.4) is 0 Å². The predicted octanol–water partition coefficient (Wildman–Crippen LogP) is 5.00. The highest BCUT2D eigenvalue weighted by Gasteiger charge is 2.21. The Labute approximate surface area is 228 Å². The molecule has 7 nitrogen and oxygen atoms in total. The Bertz CT molecular complexity index is 994. The summed E-state index contributed by atoms with van der Waals surface area (Å²) >= 11 is 0. The van der Waals surface area contributed by atoms with Gasteiger partial charge in [0.25, 0.3) is 5.91 Å². The smallest absolute Gasteiger partial charge is 0.302 e. The number of aromatic nitrogens is 1. The van der Waals surface area contributed by atoms with Crippen molar-refractivity contribution in [2.24, 2.45) is 5.92 Å². The Morgan fingerprint density at radius 2 is 1.63 bits per heavy atom. The molecule has 1 saturated heterocycles. The number of nitrogens with zero attached hydrogens (tertiary/aromatic N) is 2. The Morgan fingerprint density at radius 1 is 1.00 bits per heavy atom. The van der Waals surface area contributed by atoms with Crippen LogP contribution in [0.25, 0.3) is 0 Å². The van der Waals surface area contributed by atoms with Crippen molar-refractivity contribution < 1.29 is 19.1 Å². The molecule has 206 valence electrons. The first-order valence-corrected chi connectivity index (χ1v) is 13.3. The Kier molecular flexibility index (Phi) is 16.6. The average Bonchev–Trinajstić information content (AvgIpc) is 2.92. The lowest BCUT2D eigenvalue weighted by atomic mass is 10.0. The van der Waals surface area contributed by atoms with E-state index in [1.807, 2.05) is 80.1 Å². The highest BCUT2D eigenvalue weighted by Crippen LogP contribution is 2.16. The molecule has 7 heteroatoms. The van der Waals surface area contributed by atoms with Crippen molar-refractivity contribution in [1.82, 2.24) is 15.2 Å². The van der Waals surface area contributed by atoms with Gasteiger partial charge in [0.2, 0.25) is 5.91 Å². The highest BCUT2D eigenvalue weighted by atomic mass is 16.5. The van der Waals surface area contributed by atoms with Gasteiger partial charge in [0.05, 0.1) is 0 Å². The molecule has 1 atom stereocenters. The second-order valence-electron chi connectivity index (χ2n) is 9.37. The van der Waals surface area contributed by atoms with Gasteiger partial charge in [-0.05, 0) is 69.6 Å². The number of pyridine rings is 1. The van der Waals surface area contributed by atoms with E-state index in [4.69, 9.17) is 11.2 Å². The SMILES string of the molecule is C#CC(=O)NCCCC[C@H](C)C(=O)N1CCCCC1.CC(=O)OCc1ccccc1.Cc1cccc(C)n1. The Hall–Kier alpha value is -3.66. The zero-order valence-electron chi connectivity index (χ0n) is 23.4. The molecule has 0 saturated carbocycles. The number of amides is 2. The first kappa shape index (κ1) is 32.4. The van der Waals surface area contributed by atoms with Gasteiger partial charge < -0.3 is 15.0 Å². The minimum atomic E-state index is -0.363. The predicted molar refractivity (Wildman–Crippen MR) is 151 cm³/mol. The van der Waals surface area contributed by atoms with Crippen LogP contribution in [0.5, 0.6) is 0 Å². The summed E-state index contributed by atoms with van der Waals surface area (Å²) in [4.78, 5) is 39.5. The van der Waals surface area contributed by atoms with Gasteiger partial charge in [0, 0.05) is 43.9 Å². The fourth-order valence-electron chi connectivity index (χ4n) is 3.82. The molecule has 1 aliphatic rings. The Morgan fingerprint density at radius 3 is 2.16 bits per heavy atom. The van der Waals surface area contributed by atoms with Gasteiger partial charge >= 0.3 is 5.97 Å². The van der Waals surface area contributed by atoms with Crippen LogP contribution >= 0.6 is 0 Å². The van der Waals surface area contributed by atoms with E-state index in [0.29, 0.717) is 13.2 Å². The molecule has 0 spiro atoms. The van der Waals surface area contributed by atoms with Crippen molar-refractivity contribution in [3.63, 3.8) is 0 Å². The lowest BCUT2D eigenvalue weighted by Crippen LogP contribution is -2.38. The van der Waals surface area contributed by atoms with Crippen LogP contribution in [0.1, 0.15) is 69.3 Å². The fraction of sp³-hybridized carbons (Fsp3) is 0.484. The summed E-state index contributed by atoms with van der Waals surface area (Å²) in [7, 11) is 0. The minimum absolute atomic E-state index is 0.0847. The molecular weight excluding hydrogens is 478 g/mol. The van der Waals surface area contributed by atoms with Gasteiger partial charge in [-0.25, -0.2) is 0 Å². The van der Waals surface area contributed by atoms with Crippen LogP contribution in [0, 0.1) is 32.1 Å². The maximum Gasteiger partial charge on any atom is 0.302 e. The van der Waals surface area contributed by atoms with Gasteiger partial charge in [0.1, 0.15) is 6.61 Å². The van der Waals surface area contributed by atoms with E-state index in [2.05, 4.69) is 10.3 Å². The average molecular weight is 522 g/mol. The number of hydrogen-bond donors (Lipinski definition) is 1. The van der Waals surface area contributed by atoms with Crippen LogP contribution in [0.15, 0.2) is 48.5 Å². The third-order valence-corrected chi connectivity index (χ3v) is 5.88. The maximum absolute atomic E-state index is 12.1. The number of nitrogens with one attached hydrogen (secondary N) is 1. The van der Waals surface area contributed by atoms with E-state index in [9.17, 15) is 14.4 Å². The fourth-order valence-corrected chi connectivity index (χ4v) is 3.82. The van der Waals surface area contributed by atoms with Gasteiger partial charge in [-0.2, -0.15) is 0 Å². The number of benzene rings is 1. The summed E-state index contributed by atoms with van der Waals surface area (Å²) in [5.41, 5.74) is 3.19. The largest absolute Gasteiger partial charge is 0.461 e. The van der Waals surface area contributed by atoms with E-state index >= 15 is 0 Å². The van der Waals surface area contributed by atoms with Crippen molar-refractivity contribution in [1.29, 1.82) is 0 Å². The van der Waals surface area contributed by atoms with Gasteiger partial charge in [-0.1, -0.05) is 49.7 Å². The molecule has 1 fully saturated rings. The number of aryl methyl sites for hydroxylation is 2. The number of rotatable bonds is 8. The zero-order chi connectivity index (χ0) is 28.2. The number of unbranched alkanes of at least 4 members (excludes halogenated alkanes) is 1. The van der Waals surface area contributed by atoms with E-state index in [1.165, 1.54) is 13.3 Å². The van der Waals surface area contributed by atoms with Crippen molar-refractivity contribution >= 4 is 17.8 Å². The standard InChI is InChI=1S/C15H24N2O2.C9H10O2.C7H9N/c1-3-14(18)16-10-6-5-9-13(2)15(19)17-11-7-4-8-12-17;1-8(10)11-7-9-5-3-2-4-6-9;1-6-4-3-5-7(2)8-6/h1,13H,4-12H2,2H3,(H,16,18);2-6H,7H2,1H3;3-5H,1-2H3/t13-;;/m0../s1. The van der Waals surface area contributed by atoms with Crippen molar-refractivity contribution in [2.45, 2.75) is 72.8 Å². The van der Waals surface area contributed by atoms with Crippen LogP contribution in [0.4, 0.5) is 0 Å². The molecule has 2 aromatic rings. The maximum atomic E-state index is 12.1. The quantitative estimate of drug-likeness (QED) is 0.300. The molecule has 0 unspecified atom stereocenters. The number of piperidine rings is 1. The molecule has 2 amide bonds. The van der Waals surface area contributed by atoms with Crippen molar-refractivity contribution in [2.75, 3.05) is 19.6 Å². The van der Waals surface area contributed by atoms with Gasteiger partial charge in [0.15, 0.2) is 0 Å². The first-order chi connectivity index (χ1) is 18.2. The topological polar surface area (TPSA) is 88.6 Å². The molecule has 2 heterocycles. The summed E-state index contributed by atoms with van der Waals surface area (Å²) < 4.78 is 4.79. The number of carbonyl (C=O) groups excluding carboxylic acids is 3. The normalized spacial score (nSPS) is 12.9. The highest BCUT2D eigenvalue weighted by molar-refractivity contribution is 5.92. The molecule has 38 heavy (non-hydrogen) atoms. The molecular formula is C31H43N3O4. The third kappa shape index (κ3) is 15.5. The van der Waals surface area contributed by atoms with Crippen molar-refractivity contribution in [3.05, 3.63) is 65.5 Å². The van der Waals surface area contributed by atoms with Crippen LogP contribution in [-0.2, 0) is 25.7 Å². The van der Waals surface area contributed by atoms with E-state index in [1.54, 1.807) is 0 Å². The third-order valence-electron chi connectivity index (χ3n) is 5.88. The molecule has 1 aromatic heterocycles. The summed E-state index contributed by atoms with van der Waals surface area (Å²) in [6.45, 7) is 10.2. The lowest BCUT2D eigenvalue weighted by Gasteiger charge is -2.29. The molecule has 1 aromatic carbocycles. The molecule has 1 aliphatic heterocycles. The Balaban J connectivity index is 0.000000318. The zero-order valence-corrected chi connectivity index (χ0v) is 23.4. The summed E-state index contributed by atoms with van der Waals surface area (Å²) in [6.07, 6.45) is 11.1. The van der Waals surface area contributed by atoms with Crippen LogP contribution in [-0.4, -0.2) is 47.3 Å². The number of carbonyl (C=O) groups is 3. The van der Waals surface area contributed by atoms with E-state index < -0.39 is 0 Å². The monoisotopic (exact) mass is 521 g/mol. The van der Waals surface area contributed by atoms with Gasteiger partial charge in [-0.3, -0.25) is 19.4 Å². The summed E-state index contributed by atoms with van der Waals surface area (Å²) in [5, 5.41) is 2.63. The summed E-state index contributed by atoms with van der Waals surface area (Å²) in [6, 6.07) is 15.6. The van der Waals surface area contributed by atoms with Crippen LogP contribution in [0.2, 0.25) is 0 Å². The number of esters is 1. The molecule has 0 aliphatic carbocycles. The molecule has 0 bridgehead atoms. The van der Waals surface area contributed by atoms with Gasteiger partial charge in [-0.15, -0.1) is 6.42 Å².